The quantitative estimate of drug-likeness (QED) is 0.809. The molecule has 18 heavy (non-hydrogen) atoms. The van der Waals surface area contributed by atoms with Crippen molar-refractivity contribution in [2.75, 3.05) is 0 Å². The van der Waals surface area contributed by atoms with Gasteiger partial charge in [0.2, 0.25) is 0 Å². The predicted octanol–water partition coefficient (Wildman–Crippen LogP) is 4.26. The molecule has 0 radical (unpaired) electrons. The van der Waals surface area contributed by atoms with Gasteiger partial charge in [-0.2, -0.15) is 0 Å². The molecule has 0 aliphatic heterocycles. The van der Waals surface area contributed by atoms with Crippen molar-refractivity contribution in [2.45, 2.75) is 59.4 Å². The molecule has 0 saturated carbocycles. The summed E-state index contributed by atoms with van der Waals surface area (Å²) < 4.78 is 2.26. The van der Waals surface area contributed by atoms with Gasteiger partial charge in [-0.1, -0.05) is 27.7 Å². The zero-order chi connectivity index (χ0) is 13.4. The summed E-state index contributed by atoms with van der Waals surface area (Å²) in [4.78, 5) is 9.25. The van der Waals surface area contributed by atoms with E-state index in [1.165, 1.54) is 10.9 Å². The van der Waals surface area contributed by atoms with Crippen LogP contribution in [0, 0.1) is 0 Å². The number of rotatable bonds is 3. The second-order valence-electron chi connectivity index (χ2n) is 5.86. The second-order valence-corrected chi connectivity index (χ2v) is 5.86. The topological polar surface area (TPSA) is 30.7 Å². The summed E-state index contributed by atoms with van der Waals surface area (Å²) in [5.41, 5.74) is 2.42. The fourth-order valence-corrected chi connectivity index (χ4v) is 2.20. The summed E-state index contributed by atoms with van der Waals surface area (Å²) >= 11 is 0. The molecule has 0 bridgehead atoms. The first-order valence-corrected chi connectivity index (χ1v) is 6.79. The molecule has 0 aromatic carbocycles. The van der Waals surface area contributed by atoms with E-state index >= 15 is 0 Å². The summed E-state index contributed by atoms with van der Waals surface area (Å²) in [6.07, 6.45) is 4.23. The maximum atomic E-state index is 4.75. The molecule has 2 rings (SSSR count). The van der Waals surface area contributed by atoms with Crippen LogP contribution in [0.4, 0.5) is 0 Å². The third kappa shape index (κ3) is 2.14. The van der Waals surface area contributed by atoms with Gasteiger partial charge < -0.3 is 4.57 Å². The largest absolute Gasteiger partial charge is 0.330 e. The van der Waals surface area contributed by atoms with Gasteiger partial charge in [-0.15, -0.1) is 0 Å². The molecule has 0 amide bonds. The van der Waals surface area contributed by atoms with E-state index < -0.39 is 0 Å². The molecule has 0 aliphatic carbocycles. The van der Waals surface area contributed by atoms with Crippen LogP contribution in [-0.4, -0.2) is 14.5 Å². The molecule has 0 fully saturated rings. The Morgan fingerprint density at radius 3 is 2.17 bits per heavy atom. The summed E-state index contributed by atoms with van der Waals surface area (Å²) in [7, 11) is 0. The van der Waals surface area contributed by atoms with Crippen LogP contribution in [0.15, 0.2) is 12.4 Å². The molecule has 0 unspecified atom stereocenters. The van der Waals surface area contributed by atoms with Crippen LogP contribution in [-0.2, 0) is 0 Å². The van der Waals surface area contributed by atoms with Gasteiger partial charge >= 0.3 is 0 Å². The fourth-order valence-electron chi connectivity index (χ4n) is 2.20. The summed E-state index contributed by atoms with van der Waals surface area (Å²) in [5, 5.41) is 1.20. The molecule has 0 aliphatic rings. The van der Waals surface area contributed by atoms with Crippen LogP contribution >= 0.6 is 0 Å². The normalized spacial score (nSPS) is 12.3. The lowest BCUT2D eigenvalue weighted by atomic mass is 10.0. The highest BCUT2D eigenvalue weighted by molar-refractivity contribution is 5.80. The number of nitrogens with zero attached hydrogens (tertiary/aromatic N) is 3. The van der Waals surface area contributed by atoms with Crippen molar-refractivity contribution < 1.29 is 0 Å². The molecule has 0 N–H and O–H groups in total. The number of fused-ring (bicyclic) bond motifs is 1. The highest BCUT2D eigenvalue weighted by Crippen LogP contribution is 2.28. The average Bonchev–Trinajstić information content (AvgIpc) is 2.67. The first-order chi connectivity index (χ1) is 8.41. The van der Waals surface area contributed by atoms with Crippen molar-refractivity contribution in [3.05, 3.63) is 23.8 Å². The van der Waals surface area contributed by atoms with Crippen molar-refractivity contribution in [3.8, 4) is 0 Å². The lowest BCUT2D eigenvalue weighted by Gasteiger charge is -2.09. The van der Waals surface area contributed by atoms with Gasteiger partial charge in [-0.25, -0.2) is 9.97 Å². The van der Waals surface area contributed by atoms with E-state index in [0.717, 1.165) is 11.5 Å². The molecule has 2 heterocycles. The minimum Gasteiger partial charge on any atom is -0.330 e. The van der Waals surface area contributed by atoms with E-state index in [0.29, 0.717) is 17.9 Å². The Labute approximate surface area is 109 Å². The maximum Gasteiger partial charge on any atom is 0.144 e. The summed E-state index contributed by atoms with van der Waals surface area (Å²) in [5.74, 6) is 1.80. The summed E-state index contributed by atoms with van der Waals surface area (Å²) in [6, 6.07) is 0.426. The van der Waals surface area contributed by atoms with E-state index in [1.54, 1.807) is 0 Å². The molecule has 2 aromatic rings. The molecular weight excluding hydrogens is 222 g/mol. The van der Waals surface area contributed by atoms with Crippen LogP contribution in [0.1, 0.15) is 70.8 Å². The second kappa shape index (κ2) is 4.71. The smallest absolute Gasteiger partial charge is 0.144 e. The van der Waals surface area contributed by atoms with E-state index in [1.807, 2.05) is 6.20 Å². The van der Waals surface area contributed by atoms with Crippen LogP contribution < -0.4 is 0 Å². The highest BCUT2D eigenvalue weighted by Gasteiger charge is 2.16. The molecule has 3 heteroatoms. The molecular formula is C15H23N3. The van der Waals surface area contributed by atoms with Crippen molar-refractivity contribution in [2.24, 2.45) is 0 Å². The van der Waals surface area contributed by atoms with Crippen molar-refractivity contribution in [1.82, 2.24) is 14.5 Å². The third-order valence-corrected chi connectivity index (χ3v) is 3.32. The minimum absolute atomic E-state index is 0.368. The van der Waals surface area contributed by atoms with Crippen molar-refractivity contribution in [1.29, 1.82) is 0 Å². The van der Waals surface area contributed by atoms with E-state index in [4.69, 9.17) is 4.98 Å². The predicted molar refractivity (Wildman–Crippen MR) is 76.1 cm³/mol. The van der Waals surface area contributed by atoms with E-state index in [9.17, 15) is 0 Å². The number of hydrogen-bond acceptors (Lipinski definition) is 2. The number of hydrogen-bond donors (Lipinski definition) is 0. The SMILES string of the molecule is CC(C)c1ncc2c(C(C)C)cn(C(C)C)c2n1. The summed E-state index contributed by atoms with van der Waals surface area (Å²) in [6.45, 7) is 13.1. The Hall–Kier alpha value is -1.38. The lowest BCUT2D eigenvalue weighted by Crippen LogP contribution is -2.03. The van der Waals surface area contributed by atoms with Crippen molar-refractivity contribution >= 4 is 11.0 Å². The Morgan fingerprint density at radius 2 is 1.67 bits per heavy atom. The first kappa shape index (κ1) is 13.1. The highest BCUT2D eigenvalue weighted by atomic mass is 15.1. The third-order valence-electron chi connectivity index (χ3n) is 3.32. The number of aromatic nitrogens is 3. The zero-order valence-corrected chi connectivity index (χ0v) is 12.2. The maximum absolute atomic E-state index is 4.75. The van der Waals surface area contributed by atoms with Gasteiger partial charge in [0, 0.05) is 29.7 Å². The van der Waals surface area contributed by atoms with E-state index in [2.05, 4.69) is 57.3 Å². The fraction of sp³-hybridized carbons (Fsp3) is 0.600. The van der Waals surface area contributed by atoms with Crippen LogP contribution in [0.5, 0.6) is 0 Å². The van der Waals surface area contributed by atoms with Gasteiger partial charge in [0.25, 0.3) is 0 Å². The minimum atomic E-state index is 0.368. The van der Waals surface area contributed by atoms with Gasteiger partial charge in [0.05, 0.1) is 0 Å². The van der Waals surface area contributed by atoms with Gasteiger partial charge in [-0.05, 0) is 25.3 Å². The van der Waals surface area contributed by atoms with Crippen LogP contribution in [0.2, 0.25) is 0 Å². The monoisotopic (exact) mass is 245 g/mol. The van der Waals surface area contributed by atoms with Crippen molar-refractivity contribution in [3.63, 3.8) is 0 Å². The molecule has 0 saturated heterocycles. The lowest BCUT2D eigenvalue weighted by molar-refractivity contribution is 0.611. The van der Waals surface area contributed by atoms with Crippen LogP contribution in [0.25, 0.3) is 11.0 Å². The molecule has 2 aromatic heterocycles. The molecule has 98 valence electrons. The molecule has 0 spiro atoms. The zero-order valence-electron chi connectivity index (χ0n) is 12.2. The standard InChI is InChI=1S/C15H23N3/c1-9(2)13-8-18(11(5)6)15-12(13)7-16-14(17-15)10(3)4/h7-11H,1-6H3. The Kier molecular flexibility index (Phi) is 3.42. The van der Waals surface area contributed by atoms with Gasteiger partial charge in [0.1, 0.15) is 11.5 Å². The van der Waals surface area contributed by atoms with E-state index in [-0.39, 0.29) is 0 Å². The first-order valence-electron chi connectivity index (χ1n) is 6.79. The van der Waals surface area contributed by atoms with Gasteiger partial charge in [0.15, 0.2) is 0 Å². The Balaban J connectivity index is 2.71. The Morgan fingerprint density at radius 1 is 1.00 bits per heavy atom. The average molecular weight is 245 g/mol. The Bertz CT molecular complexity index is 550. The molecule has 3 nitrogen and oxygen atoms in total. The van der Waals surface area contributed by atoms with Gasteiger partial charge in [-0.3, -0.25) is 0 Å². The van der Waals surface area contributed by atoms with Crippen LogP contribution in [0.3, 0.4) is 0 Å². The molecule has 0 atom stereocenters.